The zero-order chi connectivity index (χ0) is 15.6. The summed E-state index contributed by atoms with van der Waals surface area (Å²) in [6.45, 7) is 4.15. The van der Waals surface area contributed by atoms with Gasteiger partial charge in [0.25, 0.3) is 0 Å². The van der Waals surface area contributed by atoms with Crippen molar-refractivity contribution in [1.29, 1.82) is 0 Å². The van der Waals surface area contributed by atoms with Crippen LogP contribution in [0.5, 0.6) is 5.75 Å². The van der Waals surface area contributed by atoms with Gasteiger partial charge in [-0.05, 0) is 31.7 Å². The van der Waals surface area contributed by atoms with Crippen molar-refractivity contribution in [2.45, 2.75) is 24.4 Å². The fraction of sp³-hybridized carbons (Fsp3) is 0.571. The number of ether oxygens (including phenoxy) is 1. The summed E-state index contributed by atoms with van der Waals surface area (Å²) in [5, 5.41) is 0. The molecule has 1 heterocycles. The third-order valence-electron chi connectivity index (χ3n) is 3.82. The van der Waals surface area contributed by atoms with E-state index in [0.717, 1.165) is 18.7 Å². The Labute approximate surface area is 126 Å². The zero-order valence-corrected chi connectivity index (χ0v) is 13.6. The van der Waals surface area contributed by atoms with Crippen molar-refractivity contribution in [2.24, 2.45) is 5.73 Å². The maximum Gasteiger partial charge on any atom is 0.247 e. The third kappa shape index (κ3) is 3.21. The SMILES string of the molecule is COc1ccc(CN)cc1S(=O)(=O)N1CCN(C)CC1C. The Balaban J connectivity index is 2.43. The number of hydrogen-bond donors (Lipinski definition) is 1. The average molecular weight is 313 g/mol. The van der Waals surface area contributed by atoms with Crippen LogP contribution in [-0.4, -0.2) is 57.5 Å². The van der Waals surface area contributed by atoms with E-state index in [1.165, 1.54) is 7.11 Å². The molecule has 2 rings (SSSR count). The highest BCUT2D eigenvalue weighted by molar-refractivity contribution is 7.89. The Bertz CT molecular complexity index is 603. The van der Waals surface area contributed by atoms with Gasteiger partial charge in [0.05, 0.1) is 7.11 Å². The smallest absolute Gasteiger partial charge is 0.247 e. The van der Waals surface area contributed by atoms with Gasteiger partial charge >= 0.3 is 0 Å². The molecule has 0 amide bonds. The van der Waals surface area contributed by atoms with Gasteiger partial charge in [0, 0.05) is 32.2 Å². The Hall–Kier alpha value is -1.15. The van der Waals surface area contributed by atoms with E-state index >= 15 is 0 Å². The molecule has 118 valence electrons. The number of hydrogen-bond acceptors (Lipinski definition) is 5. The minimum Gasteiger partial charge on any atom is -0.495 e. The number of piperazine rings is 1. The van der Waals surface area contributed by atoms with E-state index in [2.05, 4.69) is 4.90 Å². The van der Waals surface area contributed by atoms with Crippen LogP contribution in [0.15, 0.2) is 23.1 Å². The van der Waals surface area contributed by atoms with Gasteiger partial charge in [-0.3, -0.25) is 0 Å². The highest BCUT2D eigenvalue weighted by Crippen LogP contribution is 2.29. The lowest BCUT2D eigenvalue weighted by Gasteiger charge is -2.37. The molecule has 1 unspecified atom stereocenters. The maximum absolute atomic E-state index is 12.9. The van der Waals surface area contributed by atoms with Crippen LogP contribution in [0.3, 0.4) is 0 Å². The lowest BCUT2D eigenvalue weighted by molar-refractivity contribution is 0.170. The number of sulfonamides is 1. The highest BCUT2D eigenvalue weighted by Gasteiger charge is 2.34. The molecule has 7 heteroatoms. The van der Waals surface area contributed by atoms with E-state index < -0.39 is 10.0 Å². The monoisotopic (exact) mass is 313 g/mol. The van der Waals surface area contributed by atoms with Gasteiger partial charge in [-0.1, -0.05) is 6.07 Å². The molecular formula is C14H23N3O3S. The van der Waals surface area contributed by atoms with Crippen LogP contribution in [0.2, 0.25) is 0 Å². The molecule has 0 bridgehead atoms. The van der Waals surface area contributed by atoms with Crippen molar-refractivity contribution in [3.8, 4) is 5.75 Å². The lowest BCUT2D eigenvalue weighted by atomic mass is 10.2. The molecule has 6 nitrogen and oxygen atoms in total. The fourth-order valence-corrected chi connectivity index (χ4v) is 4.48. The molecule has 0 radical (unpaired) electrons. The highest BCUT2D eigenvalue weighted by atomic mass is 32.2. The van der Waals surface area contributed by atoms with Crippen molar-refractivity contribution >= 4 is 10.0 Å². The molecule has 1 saturated heterocycles. The van der Waals surface area contributed by atoms with Gasteiger partial charge in [-0.25, -0.2) is 8.42 Å². The number of likely N-dealkylation sites (N-methyl/N-ethyl adjacent to an activating group) is 1. The molecule has 21 heavy (non-hydrogen) atoms. The first-order valence-electron chi connectivity index (χ1n) is 6.97. The van der Waals surface area contributed by atoms with Gasteiger partial charge in [0.2, 0.25) is 10.0 Å². The van der Waals surface area contributed by atoms with E-state index in [4.69, 9.17) is 10.5 Å². The van der Waals surface area contributed by atoms with E-state index in [9.17, 15) is 8.42 Å². The summed E-state index contributed by atoms with van der Waals surface area (Å²) < 4.78 is 32.6. The zero-order valence-electron chi connectivity index (χ0n) is 12.7. The predicted octanol–water partition coefficient (Wildman–Crippen LogP) is 0.479. The summed E-state index contributed by atoms with van der Waals surface area (Å²) in [5.41, 5.74) is 6.40. The van der Waals surface area contributed by atoms with Gasteiger partial charge in [0.1, 0.15) is 10.6 Å². The molecule has 1 aliphatic rings. The molecule has 0 spiro atoms. The molecule has 1 aromatic rings. The Kier molecular flexibility index (Phi) is 4.88. The van der Waals surface area contributed by atoms with Crippen LogP contribution in [-0.2, 0) is 16.6 Å². The van der Waals surface area contributed by atoms with Crippen LogP contribution in [0.4, 0.5) is 0 Å². The Morgan fingerprint density at radius 2 is 2.10 bits per heavy atom. The van der Waals surface area contributed by atoms with Crippen LogP contribution >= 0.6 is 0 Å². The molecule has 1 aromatic carbocycles. The first-order valence-corrected chi connectivity index (χ1v) is 8.41. The fourth-order valence-electron chi connectivity index (χ4n) is 2.66. The van der Waals surface area contributed by atoms with Gasteiger partial charge in [-0.15, -0.1) is 0 Å². The topological polar surface area (TPSA) is 75.9 Å². The average Bonchev–Trinajstić information content (AvgIpc) is 2.46. The van der Waals surface area contributed by atoms with Crippen molar-refractivity contribution in [1.82, 2.24) is 9.21 Å². The van der Waals surface area contributed by atoms with Crippen LogP contribution in [0.1, 0.15) is 12.5 Å². The molecule has 0 saturated carbocycles. The lowest BCUT2D eigenvalue weighted by Crippen LogP contribution is -2.52. The van der Waals surface area contributed by atoms with Gasteiger partial charge in [-0.2, -0.15) is 4.31 Å². The minimum atomic E-state index is -3.58. The number of benzene rings is 1. The number of methoxy groups -OCH3 is 1. The Morgan fingerprint density at radius 3 is 2.67 bits per heavy atom. The summed E-state index contributed by atoms with van der Waals surface area (Å²) >= 11 is 0. The summed E-state index contributed by atoms with van der Waals surface area (Å²) in [6, 6.07) is 4.99. The summed E-state index contributed by atoms with van der Waals surface area (Å²) in [6.07, 6.45) is 0. The van der Waals surface area contributed by atoms with Crippen molar-refractivity contribution < 1.29 is 13.2 Å². The van der Waals surface area contributed by atoms with E-state index in [1.807, 2.05) is 14.0 Å². The van der Waals surface area contributed by atoms with Crippen molar-refractivity contribution in [2.75, 3.05) is 33.8 Å². The van der Waals surface area contributed by atoms with Crippen LogP contribution in [0, 0.1) is 0 Å². The number of nitrogens with two attached hydrogens (primary N) is 1. The van der Waals surface area contributed by atoms with Crippen LogP contribution in [0.25, 0.3) is 0 Å². The first-order chi connectivity index (χ1) is 9.90. The second-order valence-electron chi connectivity index (χ2n) is 5.42. The van der Waals surface area contributed by atoms with E-state index in [0.29, 0.717) is 18.8 Å². The first kappa shape index (κ1) is 16.2. The van der Waals surface area contributed by atoms with Gasteiger partial charge < -0.3 is 15.4 Å². The minimum absolute atomic E-state index is 0.0695. The van der Waals surface area contributed by atoms with E-state index in [1.54, 1.807) is 22.5 Å². The molecule has 0 aromatic heterocycles. The molecule has 1 atom stereocenters. The van der Waals surface area contributed by atoms with Crippen molar-refractivity contribution in [3.05, 3.63) is 23.8 Å². The van der Waals surface area contributed by atoms with Crippen LogP contribution < -0.4 is 10.5 Å². The molecule has 0 aliphatic carbocycles. The predicted molar refractivity (Wildman–Crippen MR) is 81.7 cm³/mol. The molecule has 1 fully saturated rings. The number of nitrogens with zero attached hydrogens (tertiary/aromatic N) is 2. The standard InChI is InChI=1S/C14H23N3O3S/c1-11-10-16(2)6-7-17(11)21(18,19)14-8-12(9-15)4-5-13(14)20-3/h4-5,8,11H,6-7,9-10,15H2,1-3H3. The quantitative estimate of drug-likeness (QED) is 0.875. The summed E-state index contributed by atoms with van der Waals surface area (Å²) in [5.74, 6) is 0.360. The number of rotatable bonds is 4. The third-order valence-corrected chi connectivity index (χ3v) is 5.85. The maximum atomic E-state index is 12.9. The molecule has 1 aliphatic heterocycles. The van der Waals surface area contributed by atoms with Crippen molar-refractivity contribution in [3.63, 3.8) is 0 Å². The molecular weight excluding hydrogens is 290 g/mol. The van der Waals surface area contributed by atoms with Gasteiger partial charge in [0.15, 0.2) is 0 Å². The summed E-state index contributed by atoms with van der Waals surface area (Å²) in [7, 11) is -0.112. The largest absolute Gasteiger partial charge is 0.495 e. The van der Waals surface area contributed by atoms with E-state index in [-0.39, 0.29) is 10.9 Å². The second kappa shape index (κ2) is 6.31. The Morgan fingerprint density at radius 1 is 1.38 bits per heavy atom. The normalized spacial score (nSPS) is 21.4. The molecule has 2 N–H and O–H groups in total. The second-order valence-corrected chi connectivity index (χ2v) is 7.28. The summed E-state index contributed by atoms with van der Waals surface area (Å²) in [4.78, 5) is 2.33.